The standard InChI is InChI=1S/C15H24N2O/c1-4-15(2,3)14(17-16)11-5-7-12(8-6-11)18-13-9-10-13/h5-8,13-14,17H,4,9-10,16H2,1-3H3. The van der Waals surface area contributed by atoms with Gasteiger partial charge in [0.05, 0.1) is 12.1 Å². The second-order valence-corrected chi connectivity index (χ2v) is 5.83. The van der Waals surface area contributed by atoms with E-state index in [4.69, 9.17) is 10.6 Å². The molecule has 1 aromatic rings. The van der Waals surface area contributed by atoms with E-state index < -0.39 is 0 Å². The van der Waals surface area contributed by atoms with E-state index in [-0.39, 0.29) is 11.5 Å². The van der Waals surface area contributed by atoms with E-state index in [1.54, 1.807) is 0 Å². The van der Waals surface area contributed by atoms with Crippen LogP contribution in [-0.2, 0) is 0 Å². The zero-order valence-corrected chi connectivity index (χ0v) is 11.6. The van der Waals surface area contributed by atoms with Crippen LogP contribution in [0.1, 0.15) is 51.6 Å². The van der Waals surface area contributed by atoms with Crippen LogP contribution in [0.25, 0.3) is 0 Å². The van der Waals surface area contributed by atoms with Gasteiger partial charge in [-0.25, -0.2) is 0 Å². The number of ether oxygens (including phenoxy) is 1. The summed E-state index contributed by atoms with van der Waals surface area (Å²) in [5.41, 5.74) is 4.29. The zero-order chi connectivity index (χ0) is 13.2. The Morgan fingerprint density at radius 3 is 2.39 bits per heavy atom. The molecule has 3 nitrogen and oxygen atoms in total. The summed E-state index contributed by atoms with van der Waals surface area (Å²) >= 11 is 0. The van der Waals surface area contributed by atoms with E-state index in [1.807, 2.05) is 12.1 Å². The quantitative estimate of drug-likeness (QED) is 0.600. The summed E-state index contributed by atoms with van der Waals surface area (Å²) in [5, 5.41) is 0. The lowest BCUT2D eigenvalue weighted by Gasteiger charge is -2.33. The Morgan fingerprint density at radius 1 is 1.33 bits per heavy atom. The highest BCUT2D eigenvalue weighted by Gasteiger charge is 2.28. The van der Waals surface area contributed by atoms with Crippen LogP contribution in [0.3, 0.4) is 0 Å². The monoisotopic (exact) mass is 248 g/mol. The molecular formula is C15H24N2O. The number of nitrogens with one attached hydrogen (secondary N) is 1. The molecule has 0 radical (unpaired) electrons. The molecule has 0 bridgehead atoms. The van der Waals surface area contributed by atoms with Gasteiger partial charge in [-0.3, -0.25) is 11.3 Å². The van der Waals surface area contributed by atoms with Crippen molar-refractivity contribution in [1.82, 2.24) is 5.43 Å². The molecule has 1 aromatic carbocycles. The van der Waals surface area contributed by atoms with Crippen LogP contribution in [0.4, 0.5) is 0 Å². The van der Waals surface area contributed by atoms with Crippen molar-refractivity contribution in [3.05, 3.63) is 29.8 Å². The molecule has 1 aliphatic carbocycles. The topological polar surface area (TPSA) is 47.3 Å². The Balaban J connectivity index is 2.10. The molecule has 100 valence electrons. The van der Waals surface area contributed by atoms with Crippen molar-refractivity contribution in [3.63, 3.8) is 0 Å². The lowest BCUT2D eigenvalue weighted by atomic mass is 9.79. The maximum atomic E-state index is 5.75. The SMILES string of the molecule is CCC(C)(C)C(NN)c1ccc(OC2CC2)cc1. The predicted molar refractivity (Wildman–Crippen MR) is 74.2 cm³/mol. The molecule has 1 fully saturated rings. The highest BCUT2D eigenvalue weighted by atomic mass is 16.5. The van der Waals surface area contributed by atoms with Crippen molar-refractivity contribution >= 4 is 0 Å². The summed E-state index contributed by atoms with van der Waals surface area (Å²) in [5.74, 6) is 6.68. The lowest BCUT2D eigenvalue weighted by Crippen LogP contribution is -2.38. The van der Waals surface area contributed by atoms with E-state index in [0.717, 1.165) is 12.2 Å². The summed E-state index contributed by atoms with van der Waals surface area (Å²) < 4.78 is 5.75. The van der Waals surface area contributed by atoms with Crippen LogP contribution in [0, 0.1) is 5.41 Å². The van der Waals surface area contributed by atoms with Gasteiger partial charge in [-0.15, -0.1) is 0 Å². The summed E-state index contributed by atoms with van der Waals surface area (Å²) in [6, 6.07) is 8.48. The minimum atomic E-state index is 0.133. The summed E-state index contributed by atoms with van der Waals surface area (Å²) in [4.78, 5) is 0. The minimum absolute atomic E-state index is 0.133. The second-order valence-electron chi connectivity index (χ2n) is 5.83. The Kier molecular flexibility index (Phi) is 3.93. The van der Waals surface area contributed by atoms with Crippen molar-refractivity contribution in [1.29, 1.82) is 0 Å². The average Bonchev–Trinajstić information content (AvgIpc) is 3.16. The highest BCUT2D eigenvalue weighted by Crippen LogP contribution is 2.36. The zero-order valence-electron chi connectivity index (χ0n) is 11.6. The van der Waals surface area contributed by atoms with Crippen LogP contribution in [0.5, 0.6) is 5.75 Å². The Labute approximate surface area is 110 Å². The van der Waals surface area contributed by atoms with Crippen LogP contribution in [0.2, 0.25) is 0 Å². The first-order valence-corrected chi connectivity index (χ1v) is 6.79. The third-order valence-corrected chi connectivity index (χ3v) is 3.90. The normalized spacial score (nSPS) is 17.6. The van der Waals surface area contributed by atoms with Gasteiger partial charge < -0.3 is 4.74 Å². The number of benzene rings is 1. The molecule has 0 amide bonds. The van der Waals surface area contributed by atoms with Crippen molar-refractivity contribution < 1.29 is 4.74 Å². The number of hydrogen-bond acceptors (Lipinski definition) is 3. The maximum absolute atomic E-state index is 5.75. The molecule has 1 unspecified atom stereocenters. The molecule has 1 saturated carbocycles. The fourth-order valence-electron chi connectivity index (χ4n) is 2.09. The van der Waals surface area contributed by atoms with Gasteiger partial charge in [-0.1, -0.05) is 32.9 Å². The number of hydrazine groups is 1. The average molecular weight is 248 g/mol. The van der Waals surface area contributed by atoms with Crippen LogP contribution < -0.4 is 16.0 Å². The molecule has 1 aliphatic rings. The molecular weight excluding hydrogens is 224 g/mol. The minimum Gasteiger partial charge on any atom is -0.490 e. The fourth-order valence-corrected chi connectivity index (χ4v) is 2.09. The highest BCUT2D eigenvalue weighted by molar-refractivity contribution is 5.30. The third kappa shape index (κ3) is 3.03. The van der Waals surface area contributed by atoms with E-state index in [9.17, 15) is 0 Å². The third-order valence-electron chi connectivity index (χ3n) is 3.90. The van der Waals surface area contributed by atoms with Gasteiger partial charge in [0.1, 0.15) is 5.75 Å². The van der Waals surface area contributed by atoms with Gasteiger partial charge in [-0.2, -0.15) is 0 Å². The molecule has 0 spiro atoms. The number of hydrogen-bond donors (Lipinski definition) is 2. The molecule has 18 heavy (non-hydrogen) atoms. The van der Waals surface area contributed by atoms with Gasteiger partial charge in [0, 0.05) is 0 Å². The lowest BCUT2D eigenvalue weighted by molar-refractivity contribution is 0.236. The van der Waals surface area contributed by atoms with Crippen molar-refractivity contribution in [2.24, 2.45) is 11.3 Å². The van der Waals surface area contributed by atoms with Crippen LogP contribution in [0.15, 0.2) is 24.3 Å². The van der Waals surface area contributed by atoms with E-state index in [0.29, 0.717) is 6.10 Å². The van der Waals surface area contributed by atoms with Gasteiger partial charge in [0.25, 0.3) is 0 Å². The fraction of sp³-hybridized carbons (Fsp3) is 0.600. The van der Waals surface area contributed by atoms with Gasteiger partial charge >= 0.3 is 0 Å². The first-order valence-electron chi connectivity index (χ1n) is 6.79. The van der Waals surface area contributed by atoms with Crippen molar-refractivity contribution in [2.45, 2.75) is 52.2 Å². The Hall–Kier alpha value is -1.06. The maximum Gasteiger partial charge on any atom is 0.119 e. The summed E-state index contributed by atoms with van der Waals surface area (Å²) in [7, 11) is 0. The molecule has 3 N–H and O–H groups in total. The molecule has 2 rings (SSSR count). The van der Waals surface area contributed by atoms with E-state index in [1.165, 1.54) is 18.4 Å². The molecule has 0 aliphatic heterocycles. The summed E-state index contributed by atoms with van der Waals surface area (Å²) in [6.45, 7) is 6.65. The van der Waals surface area contributed by atoms with Gasteiger partial charge in [0.2, 0.25) is 0 Å². The Bertz CT molecular complexity index is 382. The molecule has 0 aromatic heterocycles. The van der Waals surface area contributed by atoms with E-state index in [2.05, 4.69) is 38.3 Å². The predicted octanol–water partition coefficient (Wildman–Crippen LogP) is 3.17. The Morgan fingerprint density at radius 2 is 1.94 bits per heavy atom. The van der Waals surface area contributed by atoms with Crippen molar-refractivity contribution in [3.8, 4) is 5.75 Å². The van der Waals surface area contributed by atoms with E-state index >= 15 is 0 Å². The van der Waals surface area contributed by atoms with Crippen molar-refractivity contribution in [2.75, 3.05) is 0 Å². The summed E-state index contributed by atoms with van der Waals surface area (Å²) in [6.07, 6.45) is 3.91. The largest absolute Gasteiger partial charge is 0.490 e. The van der Waals surface area contributed by atoms with Gasteiger partial charge in [0.15, 0.2) is 0 Å². The molecule has 0 heterocycles. The smallest absolute Gasteiger partial charge is 0.119 e. The molecule has 1 atom stereocenters. The van der Waals surface area contributed by atoms with Crippen LogP contribution >= 0.6 is 0 Å². The first kappa shape index (κ1) is 13.4. The molecule has 3 heteroatoms. The van der Waals surface area contributed by atoms with Crippen LogP contribution in [-0.4, -0.2) is 6.10 Å². The van der Waals surface area contributed by atoms with Gasteiger partial charge in [-0.05, 0) is 42.4 Å². The first-order chi connectivity index (χ1) is 8.56. The number of nitrogens with two attached hydrogens (primary N) is 1. The molecule has 0 saturated heterocycles. The second kappa shape index (κ2) is 5.29. The number of rotatable bonds is 6.